The molecule has 23 heavy (non-hydrogen) atoms. The Kier molecular flexibility index (Phi) is 5.13. The summed E-state index contributed by atoms with van der Waals surface area (Å²) in [7, 11) is 0. The molecule has 3 rings (SSSR count). The lowest BCUT2D eigenvalue weighted by Gasteiger charge is -2.10. The van der Waals surface area contributed by atoms with Gasteiger partial charge in [-0.3, -0.25) is 4.79 Å². The van der Waals surface area contributed by atoms with E-state index in [4.69, 9.17) is 32.4 Å². The van der Waals surface area contributed by atoms with E-state index in [9.17, 15) is 4.79 Å². The molecule has 2 aromatic rings. The van der Waals surface area contributed by atoms with Gasteiger partial charge in [-0.2, -0.15) is 0 Å². The highest BCUT2D eigenvalue weighted by atomic mass is 35.5. The predicted molar refractivity (Wildman–Crippen MR) is 89.2 cm³/mol. The topological polar surface area (TPSA) is 51.5 Å². The zero-order valence-electron chi connectivity index (χ0n) is 12.5. The first-order chi connectivity index (χ1) is 11.1. The zero-order chi connectivity index (χ0) is 16.2. The fourth-order valence-electron chi connectivity index (χ4n) is 2.64. The van der Waals surface area contributed by atoms with E-state index in [1.54, 1.807) is 30.3 Å². The van der Waals surface area contributed by atoms with Crippen molar-refractivity contribution < 1.29 is 13.9 Å². The number of hydrogen-bond donors (Lipinski definition) is 1. The van der Waals surface area contributed by atoms with E-state index in [0.717, 1.165) is 12.8 Å². The van der Waals surface area contributed by atoms with Crippen molar-refractivity contribution >= 4 is 29.1 Å². The summed E-state index contributed by atoms with van der Waals surface area (Å²) in [5, 5.41) is 4.00. The van der Waals surface area contributed by atoms with Gasteiger partial charge in [-0.1, -0.05) is 36.0 Å². The number of benzene rings is 1. The number of rotatable bonds is 5. The van der Waals surface area contributed by atoms with Crippen LogP contribution >= 0.6 is 23.2 Å². The number of furan rings is 1. The number of halogens is 2. The molecule has 0 spiro atoms. The van der Waals surface area contributed by atoms with Crippen molar-refractivity contribution in [2.45, 2.75) is 38.3 Å². The number of carbonyl (C=O) groups is 1. The maximum atomic E-state index is 12.1. The Morgan fingerprint density at radius 3 is 2.78 bits per heavy atom. The molecule has 0 aliphatic heterocycles. The summed E-state index contributed by atoms with van der Waals surface area (Å²) in [5.74, 6) is 1.15. The molecule has 0 atom stereocenters. The van der Waals surface area contributed by atoms with Gasteiger partial charge in [-0.05, 0) is 37.1 Å². The quantitative estimate of drug-likeness (QED) is 0.836. The third kappa shape index (κ3) is 4.21. The Hall–Kier alpha value is -1.65. The minimum Gasteiger partial charge on any atom is -0.484 e. The highest BCUT2D eigenvalue weighted by Gasteiger charge is 2.20. The van der Waals surface area contributed by atoms with Crippen LogP contribution in [0, 0.1) is 0 Å². The lowest BCUT2D eigenvalue weighted by molar-refractivity contribution is 0.0905. The van der Waals surface area contributed by atoms with Crippen molar-refractivity contribution in [2.75, 3.05) is 0 Å². The summed E-state index contributed by atoms with van der Waals surface area (Å²) < 4.78 is 11.1. The molecule has 1 saturated carbocycles. The summed E-state index contributed by atoms with van der Waals surface area (Å²) in [6, 6.07) is 8.64. The second-order valence-electron chi connectivity index (χ2n) is 5.58. The van der Waals surface area contributed by atoms with Gasteiger partial charge < -0.3 is 14.5 Å². The van der Waals surface area contributed by atoms with Crippen LogP contribution in [0.4, 0.5) is 0 Å². The zero-order valence-corrected chi connectivity index (χ0v) is 14.0. The monoisotopic (exact) mass is 353 g/mol. The molecule has 0 saturated heterocycles. The van der Waals surface area contributed by atoms with E-state index in [0.29, 0.717) is 27.3 Å². The second kappa shape index (κ2) is 7.28. The van der Waals surface area contributed by atoms with Gasteiger partial charge in [0.05, 0.1) is 5.02 Å². The summed E-state index contributed by atoms with van der Waals surface area (Å²) in [6.45, 7) is 0.177. The maximum Gasteiger partial charge on any atom is 0.287 e. The SMILES string of the molecule is O=C(NC1CCCC1)c1ccc(COc2cc(Cl)ccc2Cl)o1. The standard InChI is InChI=1S/C17H17Cl2NO3/c18-11-5-7-14(19)16(9-11)22-10-13-6-8-15(23-13)17(21)20-12-3-1-2-4-12/h5-9,12H,1-4,10H2,(H,20,21). The highest BCUT2D eigenvalue weighted by molar-refractivity contribution is 6.34. The van der Waals surface area contributed by atoms with Gasteiger partial charge in [0.25, 0.3) is 5.91 Å². The Bertz CT molecular complexity index is 693. The van der Waals surface area contributed by atoms with Crippen LogP contribution < -0.4 is 10.1 Å². The van der Waals surface area contributed by atoms with Gasteiger partial charge >= 0.3 is 0 Å². The number of amides is 1. The van der Waals surface area contributed by atoms with Gasteiger partial charge in [-0.15, -0.1) is 0 Å². The fourth-order valence-corrected chi connectivity index (χ4v) is 2.98. The molecule has 0 bridgehead atoms. The number of ether oxygens (including phenoxy) is 1. The Labute approximate surface area is 144 Å². The first-order valence-electron chi connectivity index (χ1n) is 7.59. The number of hydrogen-bond acceptors (Lipinski definition) is 3. The summed E-state index contributed by atoms with van der Waals surface area (Å²) in [5.41, 5.74) is 0. The average molecular weight is 354 g/mol. The number of carbonyl (C=O) groups excluding carboxylic acids is 1. The minimum absolute atomic E-state index is 0.177. The molecule has 6 heteroatoms. The highest BCUT2D eigenvalue weighted by Crippen LogP contribution is 2.28. The molecule has 1 aromatic heterocycles. The van der Waals surface area contributed by atoms with Crippen molar-refractivity contribution in [1.82, 2.24) is 5.32 Å². The van der Waals surface area contributed by atoms with E-state index in [1.807, 2.05) is 0 Å². The third-order valence-electron chi connectivity index (χ3n) is 3.84. The van der Waals surface area contributed by atoms with E-state index in [1.165, 1.54) is 12.8 Å². The molecular weight excluding hydrogens is 337 g/mol. The fraction of sp³-hybridized carbons (Fsp3) is 0.353. The molecule has 0 unspecified atom stereocenters. The van der Waals surface area contributed by atoms with Crippen LogP contribution in [0.25, 0.3) is 0 Å². The van der Waals surface area contributed by atoms with E-state index < -0.39 is 0 Å². The average Bonchev–Trinajstić information content (AvgIpc) is 3.19. The third-order valence-corrected chi connectivity index (χ3v) is 4.39. The van der Waals surface area contributed by atoms with Gasteiger partial charge in [-0.25, -0.2) is 0 Å². The molecule has 1 N–H and O–H groups in total. The van der Waals surface area contributed by atoms with E-state index >= 15 is 0 Å². The molecule has 4 nitrogen and oxygen atoms in total. The maximum absolute atomic E-state index is 12.1. The van der Waals surface area contributed by atoms with Crippen LogP contribution in [0.2, 0.25) is 10.0 Å². The summed E-state index contributed by atoms with van der Waals surface area (Å²) in [4.78, 5) is 12.1. The molecule has 122 valence electrons. The Morgan fingerprint density at radius 1 is 1.22 bits per heavy atom. The van der Waals surface area contributed by atoms with Crippen molar-refractivity contribution in [3.63, 3.8) is 0 Å². The van der Waals surface area contributed by atoms with Crippen molar-refractivity contribution in [1.29, 1.82) is 0 Å². The van der Waals surface area contributed by atoms with Gasteiger partial charge in [0.15, 0.2) is 5.76 Å². The lowest BCUT2D eigenvalue weighted by atomic mass is 10.2. The number of nitrogens with one attached hydrogen (secondary N) is 1. The van der Waals surface area contributed by atoms with Crippen molar-refractivity contribution in [3.8, 4) is 5.75 Å². The van der Waals surface area contributed by atoms with Crippen LogP contribution in [-0.2, 0) is 6.61 Å². The molecule has 1 amide bonds. The van der Waals surface area contributed by atoms with Gasteiger partial charge in [0.1, 0.15) is 18.1 Å². The van der Waals surface area contributed by atoms with Crippen LogP contribution in [0.5, 0.6) is 5.75 Å². The largest absolute Gasteiger partial charge is 0.484 e. The minimum atomic E-state index is -0.177. The van der Waals surface area contributed by atoms with Crippen LogP contribution in [0.1, 0.15) is 42.0 Å². The first-order valence-corrected chi connectivity index (χ1v) is 8.35. The van der Waals surface area contributed by atoms with Gasteiger partial charge in [0.2, 0.25) is 0 Å². The van der Waals surface area contributed by atoms with Crippen molar-refractivity contribution in [2.24, 2.45) is 0 Å². The van der Waals surface area contributed by atoms with E-state index in [2.05, 4.69) is 5.32 Å². The molecule has 1 fully saturated rings. The normalized spacial score (nSPS) is 14.9. The predicted octanol–water partition coefficient (Wildman–Crippen LogP) is 4.84. The summed E-state index contributed by atoms with van der Waals surface area (Å²) in [6.07, 6.45) is 4.41. The molecule has 1 aliphatic rings. The molecular formula is C17H17Cl2NO3. The van der Waals surface area contributed by atoms with E-state index in [-0.39, 0.29) is 18.6 Å². The molecule has 1 aromatic carbocycles. The van der Waals surface area contributed by atoms with Crippen LogP contribution in [0.15, 0.2) is 34.7 Å². The summed E-state index contributed by atoms with van der Waals surface area (Å²) >= 11 is 11.9. The molecule has 0 radical (unpaired) electrons. The van der Waals surface area contributed by atoms with Gasteiger partial charge in [0, 0.05) is 17.1 Å². The first kappa shape index (κ1) is 16.2. The Balaban J connectivity index is 1.58. The van der Waals surface area contributed by atoms with Crippen molar-refractivity contribution in [3.05, 3.63) is 51.9 Å². The molecule has 1 heterocycles. The second-order valence-corrected chi connectivity index (χ2v) is 6.43. The Morgan fingerprint density at radius 2 is 2.00 bits per heavy atom. The molecule has 1 aliphatic carbocycles. The lowest BCUT2D eigenvalue weighted by Crippen LogP contribution is -2.32. The van der Waals surface area contributed by atoms with Crippen LogP contribution in [-0.4, -0.2) is 11.9 Å². The van der Waals surface area contributed by atoms with Crippen LogP contribution in [0.3, 0.4) is 0 Å². The smallest absolute Gasteiger partial charge is 0.287 e.